The number of amides is 2. The van der Waals surface area contributed by atoms with Crippen LogP contribution in [0.4, 0.5) is 5.69 Å². The highest BCUT2D eigenvalue weighted by Gasteiger charge is 2.28. The lowest BCUT2D eigenvalue weighted by Crippen LogP contribution is -2.46. The summed E-state index contributed by atoms with van der Waals surface area (Å²) in [5.41, 5.74) is 7.88. The van der Waals surface area contributed by atoms with Gasteiger partial charge in [0.15, 0.2) is 0 Å². The first kappa shape index (κ1) is 35.2. The average molecular weight is 682 g/mol. The van der Waals surface area contributed by atoms with E-state index in [1.165, 1.54) is 0 Å². The van der Waals surface area contributed by atoms with Gasteiger partial charge in [-0.05, 0) is 126 Å². The van der Waals surface area contributed by atoms with Crippen LogP contribution in [0.15, 0.2) is 46.0 Å². The van der Waals surface area contributed by atoms with Crippen molar-refractivity contribution in [2.24, 2.45) is 7.05 Å². The van der Waals surface area contributed by atoms with Gasteiger partial charge in [-0.15, -0.1) is 0 Å². The molecule has 11 nitrogen and oxygen atoms in total. The first-order valence-corrected chi connectivity index (χ1v) is 17.9. The van der Waals surface area contributed by atoms with Crippen LogP contribution in [0.2, 0.25) is 0 Å². The minimum atomic E-state index is -0.255. The van der Waals surface area contributed by atoms with Crippen LogP contribution < -0.4 is 21.5 Å². The highest BCUT2D eigenvalue weighted by molar-refractivity contribution is 5.99. The average Bonchev–Trinajstić information content (AvgIpc) is 3.34. The topological polar surface area (TPSA) is 116 Å². The third-order valence-corrected chi connectivity index (χ3v) is 11.0. The van der Waals surface area contributed by atoms with Crippen molar-refractivity contribution in [3.05, 3.63) is 85.2 Å². The summed E-state index contributed by atoms with van der Waals surface area (Å²) in [6.45, 7) is 13.6. The van der Waals surface area contributed by atoms with Crippen molar-refractivity contribution >= 4 is 28.5 Å². The van der Waals surface area contributed by atoms with Crippen LogP contribution >= 0.6 is 0 Å². The molecule has 0 bridgehead atoms. The Morgan fingerprint density at radius 2 is 1.60 bits per heavy atom. The van der Waals surface area contributed by atoms with Crippen molar-refractivity contribution in [2.75, 3.05) is 44.7 Å². The van der Waals surface area contributed by atoms with Crippen molar-refractivity contribution in [2.45, 2.75) is 78.9 Å². The maximum atomic E-state index is 14.0. The Kier molecular flexibility index (Phi) is 10.1. The SMILES string of the molecule is CCN(c1cc(-c2ccc3c(c2)n(C)c(=O)n3C2CCN(C)CC2)cc(C(=O)NCc2c(C)cc(C)[nH]c2=O)c1C)C1CCN(C(C)=O)CC1. The van der Waals surface area contributed by atoms with E-state index in [9.17, 15) is 19.2 Å². The maximum Gasteiger partial charge on any atom is 0.329 e. The fourth-order valence-electron chi connectivity index (χ4n) is 8.03. The molecule has 4 heterocycles. The van der Waals surface area contributed by atoms with Crippen molar-refractivity contribution < 1.29 is 9.59 Å². The number of fused-ring (bicyclic) bond motifs is 1. The van der Waals surface area contributed by atoms with Crippen molar-refractivity contribution in [3.8, 4) is 11.1 Å². The van der Waals surface area contributed by atoms with E-state index >= 15 is 0 Å². The highest BCUT2D eigenvalue weighted by Crippen LogP contribution is 2.36. The zero-order valence-corrected chi connectivity index (χ0v) is 30.6. The van der Waals surface area contributed by atoms with Crippen molar-refractivity contribution in [1.82, 2.24) is 29.2 Å². The molecule has 6 rings (SSSR count). The fraction of sp³-hybridized carbons (Fsp3) is 0.487. The summed E-state index contributed by atoms with van der Waals surface area (Å²) in [5.74, 6) is -0.157. The molecule has 0 saturated carbocycles. The van der Waals surface area contributed by atoms with E-state index in [1.54, 1.807) is 11.5 Å². The standard InChI is InChI=1S/C39H51N7O4/c1-8-45(30-13-17-44(18-14-30)27(5)47)35-22-29(20-32(26(35)4)37(48)40-23-33-24(2)19-25(3)41-38(33)49)28-9-10-34-36(21-28)43(7)39(50)46(34)31-11-15-42(6)16-12-31/h9-10,19-22,30-31H,8,11-18,23H2,1-7H3,(H,40,48)(H,41,49). The molecule has 0 aliphatic carbocycles. The number of carbonyl (C=O) groups is 2. The number of rotatable bonds is 8. The zero-order valence-electron chi connectivity index (χ0n) is 30.6. The lowest BCUT2D eigenvalue weighted by atomic mass is 9.94. The molecule has 2 amide bonds. The summed E-state index contributed by atoms with van der Waals surface area (Å²) < 4.78 is 3.70. The van der Waals surface area contributed by atoms with E-state index < -0.39 is 0 Å². The summed E-state index contributed by atoms with van der Waals surface area (Å²) in [7, 11) is 3.96. The van der Waals surface area contributed by atoms with Gasteiger partial charge in [0.25, 0.3) is 11.5 Å². The lowest BCUT2D eigenvalue weighted by Gasteiger charge is -2.40. The van der Waals surface area contributed by atoms with Gasteiger partial charge in [-0.3, -0.25) is 23.5 Å². The second-order valence-corrected chi connectivity index (χ2v) is 14.3. The van der Waals surface area contributed by atoms with Crippen LogP contribution in [0.3, 0.4) is 0 Å². The van der Waals surface area contributed by atoms with E-state index in [0.717, 1.165) is 90.0 Å². The summed E-state index contributed by atoms with van der Waals surface area (Å²) in [5, 5.41) is 3.03. The van der Waals surface area contributed by atoms with Crippen LogP contribution in [0, 0.1) is 20.8 Å². The summed E-state index contributed by atoms with van der Waals surface area (Å²) in [6, 6.07) is 12.5. The van der Waals surface area contributed by atoms with Gasteiger partial charge in [-0.1, -0.05) is 6.07 Å². The number of likely N-dealkylation sites (tertiary alicyclic amines) is 2. The Balaban J connectivity index is 1.41. The number of hydrogen-bond acceptors (Lipinski definition) is 6. The van der Waals surface area contributed by atoms with Gasteiger partial charge in [0.1, 0.15) is 0 Å². The van der Waals surface area contributed by atoms with Gasteiger partial charge in [0, 0.05) is 74.7 Å². The number of carbonyl (C=O) groups excluding carboxylic acids is 2. The first-order chi connectivity index (χ1) is 23.9. The molecule has 266 valence electrons. The monoisotopic (exact) mass is 681 g/mol. The second-order valence-electron chi connectivity index (χ2n) is 14.3. The summed E-state index contributed by atoms with van der Waals surface area (Å²) >= 11 is 0. The van der Waals surface area contributed by atoms with Gasteiger partial charge >= 0.3 is 5.69 Å². The minimum absolute atomic E-state index is 0.00758. The van der Waals surface area contributed by atoms with Crippen LogP contribution in [-0.2, 0) is 18.4 Å². The molecule has 2 aliphatic heterocycles. The van der Waals surface area contributed by atoms with Crippen molar-refractivity contribution in [1.29, 1.82) is 0 Å². The van der Waals surface area contributed by atoms with E-state index in [1.807, 2.05) is 55.5 Å². The third kappa shape index (κ3) is 6.75. The van der Waals surface area contributed by atoms with Crippen LogP contribution in [0.1, 0.15) is 78.3 Å². The lowest BCUT2D eigenvalue weighted by molar-refractivity contribution is -0.129. The minimum Gasteiger partial charge on any atom is -0.368 e. The fourth-order valence-corrected chi connectivity index (χ4v) is 8.03. The molecule has 0 atom stereocenters. The molecule has 2 aliphatic rings. The normalized spacial score (nSPS) is 16.3. The Morgan fingerprint density at radius 1 is 0.900 bits per heavy atom. The molecular weight excluding hydrogens is 630 g/mol. The molecule has 2 N–H and O–H groups in total. The Bertz CT molecular complexity index is 2040. The molecule has 2 aromatic carbocycles. The highest BCUT2D eigenvalue weighted by atomic mass is 16.2. The second kappa shape index (κ2) is 14.3. The molecular formula is C39H51N7O4. The van der Waals surface area contributed by atoms with E-state index in [0.29, 0.717) is 24.2 Å². The number of hydrogen-bond donors (Lipinski definition) is 2. The van der Waals surface area contributed by atoms with Crippen LogP contribution in [0.5, 0.6) is 0 Å². The Morgan fingerprint density at radius 3 is 2.24 bits per heavy atom. The summed E-state index contributed by atoms with van der Waals surface area (Å²) in [4.78, 5) is 61.9. The van der Waals surface area contributed by atoms with Gasteiger partial charge < -0.3 is 25.0 Å². The summed E-state index contributed by atoms with van der Waals surface area (Å²) in [6.07, 6.45) is 3.55. The molecule has 0 radical (unpaired) electrons. The van der Waals surface area contributed by atoms with Gasteiger partial charge in [-0.25, -0.2) is 4.79 Å². The van der Waals surface area contributed by atoms with E-state index in [4.69, 9.17) is 0 Å². The largest absolute Gasteiger partial charge is 0.368 e. The number of nitrogens with one attached hydrogen (secondary N) is 2. The molecule has 50 heavy (non-hydrogen) atoms. The molecule has 2 saturated heterocycles. The maximum absolute atomic E-state index is 14.0. The number of nitrogens with zero attached hydrogens (tertiary/aromatic N) is 5. The molecule has 0 spiro atoms. The predicted molar refractivity (Wildman–Crippen MR) is 199 cm³/mol. The first-order valence-electron chi connectivity index (χ1n) is 17.9. The van der Waals surface area contributed by atoms with E-state index in [2.05, 4.69) is 52.3 Å². The number of pyridine rings is 1. The van der Waals surface area contributed by atoms with Crippen LogP contribution in [0.25, 0.3) is 22.2 Å². The van der Waals surface area contributed by atoms with Gasteiger partial charge in [0.05, 0.1) is 11.0 Å². The third-order valence-electron chi connectivity index (χ3n) is 11.0. The number of aromatic nitrogens is 3. The number of aromatic amines is 1. The van der Waals surface area contributed by atoms with Crippen molar-refractivity contribution in [3.63, 3.8) is 0 Å². The van der Waals surface area contributed by atoms with Crippen LogP contribution in [-0.4, -0.2) is 81.5 Å². The zero-order chi connectivity index (χ0) is 35.9. The molecule has 2 fully saturated rings. The number of H-pyrrole nitrogens is 1. The number of aryl methyl sites for hydroxylation is 3. The number of anilines is 1. The molecule has 2 aromatic heterocycles. The predicted octanol–water partition coefficient (Wildman–Crippen LogP) is 4.65. The van der Waals surface area contributed by atoms with Gasteiger partial charge in [0.2, 0.25) is 5.91 Å². The number of piperidine rings is 2. The molecule has 0 unspecified atom stereocenters. The Labute approximate surface area is 293 Å². The quantitative estimate of drug-likeness (QED) is 0.280. The number of imidazole rings is 1. The Hall–Kier alpha value is -4.64. The van der Waals surface area contributed by atoms with Gasteiger partial charge in [-0.2, -0.15) is 0 Å². The van der Waals surface area contributed by atoms with E-state index in [-0.39, 0.29) is 41.7 Å². The smallest absolute Gasteiger partial charge is 0.329 e. The number of benzene rings is 2. The molecule has 11 heteroatoms. The molecule has 4 aromatic rings.